The molecule has 0 aromatic rings. The van der Waals surface area contributed by atoms with Crippen LogP contribution >= 0.6 is 0 Å². The fourth-order valence-electron chi connectivity index (χ4n) is 2.65. The van der Waals surface area contributed by atoms with Crippen molar-refractivity contribution in [3.63, 3.8) is 0 Å². The second-order valence-corrected chi connectivity index (χ2v) is 6.77. The average molecular weight is 269 g/mol. The number of ether oxygens (including phenoxy) is 1. The van der Waals surface area contributed by atoms with Crippen molar-refractivity contribution >= 4 is 11.9 Å². The van der Waals surface area contributed by atoms with E-state index in [9.17, 15) is 9.59 Å². The van der Waals surface area contributed by atoms with Gasteiger partial charge < -0.3 is 9.64 Å². The van der Waals surface area contributed by atoms with Crippen LogP contribution in [0.25, 0.3) is 0 Å². The van der Waals surface area contributed by atoms with Gasteiger partial charge in [0, 0.05) is 19.5 Å². The highest BCUT2D eigenvalue weighted by Gasteiger charge is 2.31. The maximum atomic E-state index is 12.2. The predicted molar refractivity (Wildman–Crippen MR) is 74.6 cm³/mol. The summed E-state index contributed by atoms with van der Waals surface area (Å²) in [6.45, 7) is 6.23. The molecule has 0 spiro atoms. The van der Waals surface area contributed by atoms with Gasteiger partial charge in [-0.3, -0.25) is 9.59 Å². The first-order valence-electron chi connectivity index (χ1n) is 7.08. The van der Waals surface area contributed by atoms with Crippen LogP contribution in [0.3, 0.4) is 0 Å². The molecule has 0 heterocycles. The van der Waals surface area contributed by atoms with E-state index < -0.39 is 0 Å². The number of hydrogen-bond donors (Lipinski definition) is 0. The van der Waals surface area contributed by atoms with Gasteiger partial charge in [0.1, 0.15) is 0 Å². The summed E-state index contributed by atoms with van der Waals surface area (Å²) >= 11 is 0. The van der Waals surface area contributed by atoms with Gasteiger partial charge >= 0.3 is 5.97 Å². The Hall–Kier alpha value is -1.06. The van der Waals surface area contributed by atoms with E-state index in [4.69, 9.17) is 4.74 Å². The van der Waals surface area contributed by atoms with Crippen molar-refractivity contribution in [1.82, 2.24) is 4.90 Å². The molecule has 4 nitrogen and oxygen atoms in total. The van der Waals surface area contributed by atoms with E-state index in [-0.39, 0.29) is 29.3 Å². The van der Waals surface area contributed by atoms with Gasteiger partial charge in [-0.2, -0.15) is 0 Å². The molecule has 4 heteroatoms. The summed E-state index contributed by atoms with van der Waals surface area (Å²) < 4.78 is 4.78. The lowest BCUT2D eigenvalue weighted by Crippen LogP contribution is -2.41. The molecule has 0 aliphatic heterocycles. The zero-order valence-electron chi connectivity index (χ0n) is 12.9. The highest BCUT2D eigenvalue weighted by atomic mass is 16.5. The van der Waals surface area contributed by atoms with Gasteiger partial charge in [0.05, 0.1) is 13.0 Å². The van der Waals surface area contributed by atoms with Crippen molar-refractivity contribution in [3.8, 4) is 0 Å². The Morgan fingerprint density at radius 1 is 1.16 bits per heavy atom. The highest BCUT2D eigenvalue weighted by molar-refractivity contribution is 5.77. The van der Waals surface area contributed by atoms with Crippen molar-refractivity contribution in [3.05, 3.63) is 0 Å². The molecule has 0 radical (unpaired) electrons. The van der Waals surface area contributed by atoms with Crippen LogP contribution in [0.2, 0.25) is 0 Å². The van der Waals surface area contributed by atoms with E-state index in [1.807, 2.05) is 11.9 Å². The maximum Gasteiger partial charge on any atom is 0.308 e. The molecule has 1 rings (SSSR count). The molecular formula is C15H27NO3. The fraction of sp³-hybridized carbons (Fsp3) is 0.867. The smallest absolute Gasteiger partial charge is 0.308 e. The second kappa shape index (κ2) is 6.40. The summed E-state index contributed by atoms with van der Waals surface area (Å²) in [4.78, 5) is 25.5. The normalized spacial score (nSPS) is 23.8. The van der Waals surface area contributed by atoms with E-state index in [1.165, 1.54) is 7.11 Å². The zero-order chi connectivity index (χ0) is 14.6. The topological polar surface area (TPSA) is 46.6 Å². The maximum absolute atomic E-state index is 12.2. The van der Waals surface area contributed by atoms with E-state index >= 15 is 0 Å². The number of carbonyl (C=O) groups is 2. The van der Waals surface area contributed by atoms with Gasteiger partial charge in [-0.1, -0.05) is 20.8 Å². The largest absolute Gasteiger partial charge is 0.469 e. The zero-order valence-corrected chi connectivity index (χ0v) is 12.9. The molecule has 0 aromatic heterocycles. The minimum Gasteiger partial charge on any atom is -0.469 e. The van der Waals surface area contributed by atoms with Crippen molar-refractivity contribution in [2.24, 2.45) is 11.3 Å². The number of amides is 1. The molecule has 1 fully saturated rings. The quantitative estimate of drug-likeness (QED) is 0.740. The molecule has 110 valence electrons. The summed E-state index contributed by atoms with van der Waals surface area (Å²) in [6, 6.07) is 0.274. The number of esters is 1. The average Bonchev–Trinajstić information content (AvgIpc) is 2.35. The van der Waals surface area contributed by atoms with Crippen LogP contribution in [0.4, 0.5) is 0 Å². The molecule has 0 N–H and O–H groups in total. The van der Waals surface area contributed by atoms with Gasteiger partial charge in [-0.05, 0) is 31.1 Å². The lowest BCUT2D eigenvalue weighted by molar-refractivity contribution is -0.147. The number of carbonyl (C=O) groups excluding carboxylic acids is 2. The Kier molecular flexibility index (Phi) is 5.39. The SMILES string of the molecule is COC(=O)C1CCC(N(C)C(=O)CC(C)(C)C)CC1. The third-order valence-electron chi connectivity index (χ3n) is 3.85. The molecular weight excluding hydrogens is 242 g/mol. The van der Waals surface area contributed by atoms with Crippen LogP contribution in [-0.4, -0.2) is 37.0 Å². The monoisotopic (exact) mass is 269 g/mol. The molecule has 0 saturated heterocycles. The molecule has 0 unspecified atom stereocenters. The predicted octanol–water partition coefficient (Wildman–Crippen LogP) is 2.61. The van der Waals surface area contributed by atoms with Gasteiger partial charge in [0.2, 0.25) is 5.91 Å². The van der Waals surface area contributed by atoms with Crippen molar-refractivity contribution in [1.29, 1.82) is 0 Å². The van der Waals surface area contributed by atoms with Crippen molar-refractivity contribution in [2.75, 3.05) is 14.2 Å². The minimum absolute atomic E-state index is 0.0207. The first-order valence-corrected chi connectivity index (χ1v) is 7.08. The Balaban J connectivity index is 2.46. The van der Waals surface area contributed by atoms with Gasteiger partial charge in [0.25, 0.3) is 0 Å². The fourth-order valence-corrected chi connectivity index (χ4v) is 2.65. The van der Waals surface area contributed by atoms with Gasteiger partial charge in [-0.25, -0.2) is 0 Å². The standard InChI is InChI=1S/C15H27NO3/c1-15(2,3)10-13(17)16(4)12-8-6-11(7-9-12)14(18)19-5/h11-12H,6-10H2,1-5H3. The number of nitrogens with zero attached hydrogens (tertiary/aromatic N) is 1. The third kappa shape index (κ3) is 4.84. The van der Waals surface area contributed by atoms with Crippen LogP contribution in [0, 0.1) is 11.3 Å². The van der Waals surface area contributed by atoms with Gasteiger partial charge in [-0.15, -0.1) is 0 Å². The summed E-state index contributed by atoms with van der Waals surface area (Å²) in [5.74, 6) is 0.114. The van der Waals surface area contributed by atoms with Gasteiger partial charge in [0.15, 0.2) is 0 Å². The summed E-state index contributed by atoms with van der Waals surface area (Å²) in [5, 5.41) is 0. The molecule has 0 bridgehead atoms. The lowest BCUT2D eigenvalue weighted by Gasteiger charge is -2.35. The van der Waals surface area contributed by atoms with E-state index in [1.54, 1.807) is 0 Å². The molecule has 1 aliphatic carbocycles. The van der Waals surface area contributed by atoms with Crippen LogP contribution < -0.4 is 0 Å². The summed E-state index contributed by atoms with van der Waals surface area (Å²) in [6.07, 6.45) is 4.01. The number of hydrogen-bond acceptors (Lipinski definition) is 3. The first-order chi connectivity index (χ1) is 8.74. The van der Waals surface area contributed by atoms with E-state index in [0.29, 0.717) is 6.42 Å². The molecule has 1 saturated carbocycles. The van der Waals surface area contributed by atoms with Crippen molar-refractivity contribution in [2.45, 2.75) is 58.9 Å². The Bertz CT molecular complexity index is 325. The molecule has 19 heavy (non-hydrogen) atoms. The minimum atomic E-state index is -0.109. The molecule has 0 atom stereocenters. The van der Waals surface area contributed by atoms with Crippen LogP contribution in [0.15, 0.2) is 0 Å². The molecule has 1 aliphatic rings. The summed E-state index contributed by atoms with van der Waals surface area (Å²) in [7, 11) is 3.32. The first kappa shape index (κ1) is 16.0. The van der Waals surface area contributed by atoms with E-state index in [0.717, 1.165) is 25.7 Å². The van der Waals surface area contributed by atoms with E-state index in [2.05, 4.69) is 20.8 Å². The van der Waals surface area contributed by atoms with Crippen LogP contribution in [-0.2, 0) is 14.3 Å². The Morgan fingerprint density at radius 3 is 2.11 bits per heavy atom. The Labute approximate surface area is 116 Å². The highest BCUT2D eigenvalue weighted by Crippen LogP contribution is 2.29. The second-order valence-electron chi connectivity index (χ2n) is 6.77. The summed E-state index contributed by atoms with van der Waals surface area (Å²) in [5.41, 5.74) is 0.0224. The Morgan fingerprint density at radius 2 is 1.68 bits per heavy atom. The lowest BCUT2D eigenvalue weighted by atomic mass is 9.84. The van der Waals surface area contributed by atoms with Crippen LogP contribution in [0.1, 0.15) is 52.9 Å². The van der Waals surface area contributed by atoms with Crippen LogP contribution in [0.5, 0.6) is 0 Å². The van der Waals surface area contributed by atoms with Crippen molar-refractivity contribution < 1.29 is 14.3 Å². The number of methoxy groups -OCH3 is 1. The molecule has 1 amide bonds. The molecule has 0 aromatic carbocycles. The third-order valence-corrected chi connectivity index (χ3v) is 3.85. The number of rotatable bonds is 3.